The van der Waals surface area contributed by atoms with Crippen LogP contribution in [-0.2, 0) is 19.6 Å². The van der Waals surface area contributed by atoms with Gasteiger partial charge < -0.3 is 9.26 Å². The molecule has 1 saturated heterocycles. The summed E-state index contributed by atoms with van der Waals surface area (Å²) in [5.41, 5.74) is 1.24. The fourth-order valence-corrected chi connectivity index (χ4v) is 6.24. The molecule has 0 radical (unpaired) electrons. The van der Waals surface area contributed by atoms with Crippen molar-refractivity contribution in [3.05, 3.63) is 36.0 Å². The monoisotopic (exact) mass is 513 g/mol. The molecular formula is C26H31N3O6S. The van der Waals surface area contributed by atoms with Crippen LogP contribution in [0.15, 0.2) is 34.9 Å². The van der Waals surface area contributed by atoms with Gasteiger partial charge in [0.2, 0.25) is 10.0 Å². The van der Waals surface area contributed by atoms with Crippen molar-refractivity contribution in [2.45, 2.75) is 44.1 Å². The molecule has 0 spiro atoms. The number of likely N-dealkylation sites (N-methyl/N-ethyl adjacent to an activating group) is 1. The SMILES string of the molecule is CN(CCOc1ccc2c(ccc3onc([C@@H]4CCC(=O)CC4=O)c32)c1)C1CCN(S(C)(=O)=O)CC1. The van der Waals surface area contributed by atoms with Crippen molar-refractivity contribution in [3.63, 3.8) is 0 Å². The first kappa shape index (κ1) is 24.9. The number of piperidine rings is 1. The lowest BCUT2D eigenvalue weighted by molar-refractivity contribution is -0.130. The van der Waals surface area contributed by atoms with Crippen LogP contribution >= 0.6 is 0 Å². The van der Waals surface area contributed by atoms with Crippen molar-refractivity contribution in [1.82, 2.24) is 14.4 Å². The standard InChI is InChI=1S/C26H31N3O6S/c1-28(18-9-11-29(12-10-18)36(2,32)33)13-14-34-20-5-7-21-17(15-20)3-8-24-25(21)26(27-35-24)22-6-4-19(30)16-23(22)31/h3,5,7-8,15,18,22H,4,6,9-14,16H2,1-2H3/t22-/m1/s1. The summed E-state index contributed by atoms with van der Waals surface area (Å²) in [6.07, 6.45) is 3.72. The first-order valence-corrected chi connectivity index (χ1v) is 14.2. The maximum atomic E-state index is 12.5. The third kappa shape index (κ3) is 5.02. The lowest BCUT2D eigenvalue weighted by atomic mass is 9.83. The van der Waals surface area contributed by atoms with Gasteiger partial charge in [-0.1, -0.05) is 11.2 Å². The third-order valence-electron chi connectivity index (χ3n) is 7.48. The van der Waals surface area contributed by atoms with Crippen LogP contribution in [0.25, 0.3) is 21.7 Å². The summed E-state index contributed by atoms with van der Waals surface area (Å²) >= 11 is 0. The van der Waals surface area contributed by atoms with Crippen LogP contribution in [0, 0.1) is 0 Å². The fourth-order valence-electron chi connectivity index (χ4n) is 5.37. The van der Waals surface area contributed by atoms with E-state index in [0.717, 1.165) is 41.3 Å². The number of fused-ring (bicyclic) bond motifs is 3. The maximum Gasteiger partial charge on any atom is 0.211 e. The molecule has 0 N–H and O–H groups in total. The van der Waals surface area contributed by atoms with E-state index in [1.54, 1.807) is 4.31 Å². The number of carbonyl (C=O) groups excluding carboxylic acids is 2. The Morgan fingerprint density at radius 3 is 2.64 bits per heavy atom. The zero-order valence-electron chi connectivity index (χ0n) is 20.6. The second-order valence-corrected chi connectivity index (χ2v) is 11.9. The summed E-state index contributed by atoms with van der Waals surface area (Å²) < 4.78 is 36.6. The van der Waals surface area contributed by atoms with Crippen LogP contribution in [0.2, 0.25) is 0 Å². The average molecular weight is 514 g/mol. The lowest BCUT2D eigenvalue weighted by Crippen LogP contribution is -2.46. The van der Waals surface area contributed by atoms with Crippen molar-refractivity contribution in [2.24, 2.45) is 0 Å². The van der Waals surface area contributed by atoms with Crippen molar-refractivity contribution in [3.8, 4) is 5.75 Å². The number of aromatic nitrogens is 1. The van der Waals surface area contributed by atoms with E-state index in [0.29, 0.717) is 49.9 Å². The van der Waals surface area contributed by atoms with Crippen molar-refractivity contribution in [2.75, 3.05) is 39.5 Å². The number of ether oxygens (including phenoxy) is 1. The molecule has 1 aliphatic carbocycles. The molecule has 2 heterocycles. The number of carbonyl (C=O) groups is 2. The van der Waals surface area contributed by atoms with E-state index in [1.165, 1.54) is 6.26 Å². The second kappa shape index (κ2) is 9.91. The number of nitrogens with zero attached hydrogens (tertiary/aromatic N) is 3. The van der Waals surface area contributed by atoms with Gasteiger partial charge in [0, 0.05) is 32.1 Å². The Kier molecular flexibility index (Phi) is 6.84. The van der Waals surface area contributed by atoms with Crippen molar-refractivity contribution >= 4 is 43.3 Å². The van der Waals surface area contributed by atoms with Gasteiger partial charge in [-0.2, -0.15) is 0 Å². The first-order valence-electron chi connectivity index (χ1n) is 12.4. The second-order valence-electron chi connectivity index (χ2n) is 9.88. The van der Waals surface area contributed by atoms with Gasteiger partial charge in [0.15, 0.2) is 5.58 Å². The van der Waals surface area contributed by atoms with Gasteiger partial charge in [0.25, 0.3) is 0 Å². The Bertz CT molecular complexity index is 1410. The van der Waals surface area contributed by atoms with Crippen LogP contribution in [0.5, 0.6) is 5.75 Å². The van der Waals surface area contributed by atoms with E-state index in [4.69, 9.17) is 9.26 Å². The Hall–Kier alpha value is -2.82. The summed E-state index contributed by atoms with van der Waals surface area (Å²) in [6.45, 7) is 2.36. The van der Waals surface area contributed by atoms with E-state index in [2.05, 4.69) is 17.1 Å². The molecule has 2 fully saturated rings. The Labute approximate surface area is 210 Å². The third-order valence-corrected chi connectivity index (χ3v) is 8.79. The smallest absolute Gasteiger partial charge is 0.211 e. The lowest BCUT2D eigenvalue weighted by Gasteiger charge is -2.35. The van der Waals surface area contributed by atoms with Crippen LogP contribution in [0.3, 0.4) is 0 Å². The molecule has 0 unspecified atom stereocenters. The number of hydrogen-bond acceptors (Lipinski definition) is 8. The molecule has 1 saturated carbocycles. The predicted molar refractivity (Wildman–Crippen MR) is 136 cm³/mol. The summed E-state index contributed by atoms with van der Waals surface area (Å²) in [6, 6.07) is 10.00. The van der Waals surface area contributed by atoms with Gasteiger partial charge in [-0.3, -0.25) is 14.5 Å². The van der Waals surface area contributed by atoms with Crippen LogP contribution in [0.4, 0.5) is 0 Å². The maximum absolute atomic E-state index is 12.5. The predicted octanol–water partition coefficient (Wildman–Crippen LogP) is 3.12. The van der Waals surface area contributed by atoms with Gasteiger partial charge >= 0.3 is 0 Å². The average Bonchev–Trinajstić information content (AvgIpc) is 3.28. The van der Waals surface area contributed by atoms with Gasteiger partial charge in [-0.05, 0) is 61.3 Å². The van der Waals surface area contributed by atoms with E-state index in [-0.39, 0.29) is 18.0 Å². The minimum absolute atomic E-state index is 0.0132. The van der Waals surface area contributed by atoms with Gasteiger partial charge in [-0.25, -0.2) is 12.7 Å². The summed E-state index contributed by atoms with van der Waals surface area (Å²) in [5.74, 6) is 0.232. The molecule has 0 amide bonds. The summed E-state index contributed by atoms with van der Waals surface area (Å²) in [4.78, 5) is 26.4. The molecule has 1 aromatic heterocycles. The van der Waals surface area contributed by atoms with E-state index < -0.39 is 15.9 Å². The van der Waals surface area contributed by atoms with Gasteiger partial charge in [-0.15, -0.1) is 0 Å². The number of Topliss-reactive ketones (excluding diaryl/α,β-unsaturated/α-hetero) is 2. The number of ketones is 2. The quantitative estimate of drug-likeness (QED) is 0.443. The number of hydrogen-bond donors (Lipinski definition) is 0. The molecule has 9 nitrogen and oxygen atoms in total. The van der Waals surface area contributed by atoms with Crippen molar-refractivity contribution in [1.29, 1.82) is 0 Å². The largest absolute Gasteiger partial charge is 0.492 e. The van der Waals surface area contributed by atoms with Crippen LogP contribution < -0.4 is 4.74 Å². The summed E-state index contributed by atoms with van der Waals surface area (Å²) in [5, 5.41) is 6.95. The van der Waals surface area contributed by atoms with Gasteiger partial charge in [0.1, 0.15) is 29.6 Å². The highest BCUT2D eigenvalue weighted by molar-refractivity contribution is 7.88. The molecule has 2 aromatic carbocycles. The highest BCUT2D eigenvalue weighted by atomic mass is 32.2. The molecule has 5 rings (SSSR count). The van der Waals surface area contributed by atoms with Crippen molar-refractivity contribution < 1.29 is 27.3 Å². The van der Waals surface area contributed by atoms with Gasteiger partial charge in [0.05, 0.1) is 24.0 Å². The zero-order chi connectivity index (χ0) is 25.4. The van der Waals surface area contributed by atoms with E-state index in [9.17, 15) is 18.0 Å². The molecule has 2 aliphatic rings. The number of sulfonamides is 1. The van der Waals surface area contributed by atoms with Crippen LogP contribution in [-0.4, -0.2) is 79.9 Å². The highest BCUT2D eigenvalue weighted by Crippen LogP contribution is 2.37. The molecule has 1 atom stereocenters. The number of rotatable bonds is 7. The molecule has 3 aromatic rings. The first-order chi connectivity index (χ1) is 17.2. The van der Waals surface area contributed by atoms with E-state index in [1.807, 2.05) is 30.3 Å². The molecule has 1 aliphatic heterocycles. The highest BCUT2D eigenvalue weighted by Gasteiger charge is 2.32. The molecular weight excluding hydrogens is 482 g/mol. The minimum atomic E-state index is -3.12. The fraction of sp³-hybridized carbons (Fsp3) is 0.500. The number of benzene rings is 2. The Morgan fingerprint density at radius 1 is 1.14 bits per heavy atom. The summed E-state index contributed by atoms with van der Waals surface area (Å²) in [7, 11) is -1.07. The topological polar surface area (TPSA) is 110 Å². The molecule has 192 valence electrons. The van der Waals surface area contributed by atoms with Crippen LogP contribution in [0.1, 0.15) is 43.7 Å². The van der Waals surface area contributed by atoms with E-state index >= 15 is 0 Å². The molecule has 10 heteroatoms. The minimum Gasteiger partial charge on any atom is -0.492 e. The molecule has 0 bridgehead atoms. The normalized spacial score (nSPS) is 20.6. The molecule has 36 heavy (non-hydrogen) atoms. The zero-order valence-corrected chi connectivity index (χ0v) is 21.4. The Balaban J connectivity index is 1.25. The Morgan fingerprint density at radius 2 is 1.92 bits per heavy atom.